The predicted octanol–water partition coefficient (Wildman–Crippen LogP) is 0.154. The number of hydrogen-bond donors (Lipinski definition) is 1. The molecule has 0 atom stereocenters. The van der Waals surface area contributed by atoms with Crippen LogP contribution in [0, 0.1) is 12.3 Å². The van der Waals surface area contributed by atoms with Crippen molar-refractivity contribution in [2.24, 2.45) is 0 Å². The van der Waals surface area contributed by atoms with Crippen LogP contribution in [0.2, 0.25) is 0 Å². The average Bonchev–Trinajstić information content (AvgIpc) is 2.34. The maximum absolute atomic E-state index is 11.8. The first kappa shape index (κ1) is 14.0. The molecule has 1 fully saturated rings. The lowest BCUT2D eigenvalue weighted by atomic mass is 10.2. The monoisotopic (exact) mass is 237 g/mol. The van der Waals surface area contributed by atoms with Crippen molar-refractivity contribution in [3.05, 3.63) is 0 Å². The molecule has 1 rings (SSSR count). The van der Waals surface area contributed by atoms with Gasteiger partial charge < -0.3 is 15.1 Å². The van der Waals surface area contributed by atoms with Crippen molar-refractivity contribution in [3.63, 3.8) is 0 Å². The maximum atomic E-state index is 11.8. The van der Waals surface area contributed by atoms with Gasteiger partial charge in [-0.1, -0.05) is 0 Å². The van der Waals surface area contributed by atoms with Crippen molar-refractivity contribution in [1.29, 1.82) is 0 Å². The fraction of sp³-hybridized carbons (Fsp3) is 0.769. The number of likely N-dealkylation sites (N-methyl/N-ethyl adjacent to an activating group) is 1. The molecule has 96 valence electrons. The fourth-order valence-corrected chi connectivity index (χ4v) is 1.84. The molecule has 0 aromatic heterocycles. The molecule has 0 saturated carbocycles. The van der Waals surface area contributed by atoms with E-state index in [9.17, 15) is 4.79 Å². The molecule has 1 aliphatic heterocycles. The van der Waals surface area contributed by atoms with Crippen LogP contribution >= 0.6 is 0 Å². The summed E-state index contributed by atoms with van der Waals surface area (Å²) in [5, 5.41) is 3.18. The second-order valence-corrected chi connectivity index (χ2v) is 4.52. The van der Waals surface area contributed by atoms with E-state index in [1.165, 1.54) is 0 Å². The van der Waals surface area contributed by atoms with Crippen LogP contribution < -0.4 is 5.32 Å². The van der Waals surface area contributed by atoms with Gasteiger partial charge >= 0.3 is 0 Å². The highest BCUT2D eigenvalue weighted by atomic mass is 16.2. The van der Waals surface area contributed by atoms with Gasteiger partial charge in [-0.2, -0.15) is 0 Å². The number of rotatable bonds is 6. The number of carbonyl (C=O) groups excluding carboxylic acids is 1. The number of amides is 1. The third-order valence-electron chi connectivity index (χ3n) is 3.06. The van der Waals surface area contributed by atoms with Gasteiger partial charge in [-0.15, -0.1) is 12.3 Å². The second kappa shape index (κ2) is 8.10. The number of piperazine rings is 1. The summed E-state index contributed by atoms with van der Waals surface area (Å²) in [4.78, 5) is 16.0. The van der Waals surface area contributed by atoms with E-state index in [4.69, 9.17) is 6.42 Å². The van der Waals surface area contributed by atoms with Crippen LogP contribution in [0.1, 0.15) is 19.3 Å². The Kier molecular flexibility index (Phi) is 6.68. The van der Waals surface area contributed by atoms with Crippen molar-refractivity contribution in [3.8, 4) is 12.3 Å². The van der Waals surface area contributed by atoms with E-state index in [1.54, 1.807) is 0 Å². The Hall–Kier alpha value is -1.05. The Morgan fingerprint density at radius 2 is 2.00 bits per heavy atom. The molecular weight excluding hydrogens is 214 g/mol. The molecule has 0 spiro atoms. The summed E-state index contributed by atoms with van der Waals surface area (Å²) >= 11 is 0. The average molecular weight is 237 g/mol. The van der Waals surface area contributed by atoms with Gasteiger partial charge in [0.05, 0.1) is 6.54 Å². The van der Waals surface area contributed by atoms with Gasteiger partial charge in [-0.25, -0.2) is 0 Å². The van der Waals surface area contributed by atoms with Crippen LogP contribution in [-0.2, 0) is 4.79 Å². The summed E-state index contributed by atoms with van der Waals surface area (Å²) in [6, 6.07) is 0. The summed E-state index contributed by atoms with van der Waals surface area (Å²) < 4.78 is 0. The molecule has 0 bridgehead atoms. The lowest BCUT2D eigenvalue weighted by Gasteiger charge is -2.32. The highest BCUT2D eigenvalue weighted by Gasteiger charge is 2.17. The summed E-state index contributed by atoms with van der Waals surface area (Å²) in [7, 11) is 2.09. The van der Waals surface area contributed by atoms with Crippen molar-refractivity contribution >= 4 is 5.91 Å². The minimum atomic E-state index is 0.218. The number of unbranched alkanes of at least 4 members (excludes halogenated alkanes) is 2. The van der Waals surface area contributed by atoms with Crippen LogP contribution in [0.4, 0.5) is 0 Å². The minimum absolute atomic E-state index is 0.218. The molecule has 4 heteroatoms. The molecule has 0 aliphatic carbocycles. The van der Waals surface area contributed by atoms with E-state index in [0.29, 0.717) is 6.54 Å². The topological polar surface area (TPSA) is 35.6 Å². The lowest BCUT2D eigenvalue weighted by molar-refractivity contribution is -0.131. The molecule has 1 saturated heterocycles. The number of carbonyl (C=O) groups is 1. The Morgan fingerprint density at radius 3 is 2.65 bits per heavy atom. The molecule has 0 aromatic carbocycles. The van der Waals surface area contributed by atoms with Gasteiger partial charge in [0, 0.05) is 32.6 Å². The summed E-state index contributed by atoms with van der Waals surface area (Å²) in [5.41, 5.74) is 0. The van der Waals surface area contributed by atoms with Crippen LogP contribution in [0.3, 0.4) is 0 Å². The molecule has 17 heavy (non-hydrogen) atoms. The van der Waals surface area contributed by atoms with Crippen LogP contribution in [-0.4, -0.2) is 62.0 Å². The normalized spacial score (nSPS) is 16.8. The van der Waals surface area contributed by atoms with Gasteiger partial charge in [0.25, 0.3) is 0 Å². The van der Waals surface area contributed by atoms with Crippen molar-refractivity contribution in [1.82, 2.24) is 15.1 Å². The largest absolute Gasteiger partial charge is 0.339 e. The van der Waals surface area contributed by atoms with E-state index in [2.05, 4.69) is 23.2 Å². The van der Waals surface area contributed by atoms with Gasteiger partial charge in [0.2, 0.25) is 5.91 Å². The molecule has 1 amide bonds. The summed E-state index contributed by atoms with van der Waals surface area (Å²) in [6.07, 6.45) is 8.07. The zero-order valence-corrected chi connectivity index (χ0v) is 10.7. The summed E-state index contributed by atoms with van der Waals surface area (Å²) in [5.74, 6) is 2.83. The van der Waals surface area contributed by atoms with Crippen molar-refractivity contribution < 1.29 is 4.79 Å². The van der Waals surface area contributed by atoms with Gasteiger partial charge in [-0.05, 0) is 26.4 Å². The molecule has 0 aromatic rings. The van der Waals surface area contributed by atoms with Crippen LogP contribution in [0.25, 0.3) is 0 Å². The lowest BCUT2D eigenvalue weighted by Crippen LogP contribution is -2.49. The first-order valence-corrected chi connectivity index (χ1v) is 6.34. The van der Waals surface area contributed by atoms with E-state index >= 15 is 0 Å². The zero-order chi connectivity index (χ0) is 12.5. The number of nitrogens with one attached hydrogen (secondary N) is 1. The second-order valence-electron chi connectivity index (χ2n) is 4.52. The summed E-state index contributed by atoms with van der Waals surface area (Å²) in [6.45, 7) is 5.00. The van der Waals surface area contributed by atoms with E-state index in [-0.39, 0.29) is 5.91 Å². The maximum Gasteiger partial charge on any atom is 0.236 e. The van der Waals surface area contributed by atoms with E-state index in [1.807, 2.05) is 4.90 Å². The SMILES string of the molecule is C#CCCCCNCC(=O)N1CCN(C)CC1. The van der Waals surface area contributed by atoms with Crippen LogP contribution in [0.15, 0.2) is 0 Å². The minimum Gasteiger partial charge on any atom is -0.339 e. The molecule has 1 aliphatic rings. The van der Waals surface area contributed by atoms with Crippen molar-refractivity contribution in [2.75, 3.05) is 46.3 Å². The third kappa shape index (κ3) is 5.71. The Morgan fingerprint density at radius 1 is 1.29 bits per heavy atom. The quantitative estimate of drug-likeness (QED) is 0.528. The molecule has 0 radical (unpaired) electrons. The third-order valence-corrected chi connectivity index (χ3v) is 3.06. The van der Waals surface area contributed by atoms with Gasteiger partial charge in [0.15, 0.2) is 0 Å². The molecule has 1 heterocycles. The first-order valence-electron chi connectivity index (χ1n) is 6.34. The highest BCUT2D eigenvalue weighted by Crippen LogP contribution is 1.99. The van der Waals surface area contributed by atoms with E-state index in [0.717, 1.165) is 52.0 Å². The molecule has 0 unspecified atom stereocenters. The molecular formula is C13H23N3O. The Balaban J connectivity index is 2.03. The smallest absolute Gasteiger partial charge is 0.236 e. The molecule has 4 nitrogen and oxygen atoms in total. The first-order chi connectivity index (χ1) is 8.24. The van der Waals surface area contributed by atoms with Crippen molar-refractivity contribution in [2.45, 2.75) is 19.3 Å². The van der Waals surface area contributed by atoms with Gasteiger partial charge in [0.1, 0.15) is 0 Å². The fourth-order valence-electron chi connectivity index (χ4n) is 1.84. The predicted molar refractivity (Wildman–Crippen MR) is 69.6 cm³/mol. The Bertz CT molecular complexity index is 264. The standard InChI is InChI=1S/C13H23N3O/c1-3-4-5-6-7-14-12-13(17)16-10-8-15(2)9-11-16/h1,14H,4-12H2,2H3. The highest BCUT2D eigenvalue weighted by molar-refractivity contribution is 5.78. The van der Waals surface area contributed by atoms with Crippen LogP contribution in [0.5, 0.6) is 0 Å². The zero-order valence-electron chi connectivity index (χ0n) is 10.7. The molecule has 1 N–H and O–H groups in total. The number of terminal acetylenes is 1. The van der Waals surface area contributed by atoms with E-state index < -0.39 is 0 Å². The van der Waals surface area contributed by atoms with Gasteiger partial charge in [-0.3, -0.25) is 4.79 Å². The number of hydrogen-bond acceptors (Lipinski definition) is 3. The Labute approximate surface area is 104 Å². The number of nitrogens with zero attached hydrogens (tertiary/aromatic N) is 2.